The van der Waals surface area contributed by atoms with Gasteiger partial charge in [0.15, 0.2) is 0 Å². The highest BCUT2D eigenvalue weighted by Gasteiger charge is 2.88. The third kappa shape index (κ3) is 2.58. The van der Waals surface area contributed by atoms with Crippen molar-refractivity contribution < 1.29 is 38.7 Å². The highest BCUT2D eigenvalue weighted by Crippen LogP contribution is 2.78. The standard InChI is InChI=1S/C27H38O8/c1-23(2)15(11-19(29)32-6)24(3,22-20(34-22)21(23)30)16-10-17(28)25(4)14(13-7-8-33-12-13)9-18-27(25,35-18)26(16,5)31/h7-8,12,14-18,20-22,28,30-31H,9-11H2,1-6H3/t14-,15-,16+,17-,18+,20-,21+,22-,24-,25+,26+,27+/m0/s1. The first-order valence-electron chi connectivity index (χ1n) is 12.8. The van der Waals surface area contributed by atoms with Gasteiger partial charge in [-0.15, -0.1) is 0 Å². The Morgan fingerprint density at radius 3 is 2.51 bits per heavy atom. The zero-order valence-electron chi connectivity index (χ0n) is 21.4. The average molecular weight is 491 g/mol. The van der Waals surface area contributed by atoms with Crippen molar-refractivity contribution in [1.29, 1.82) is 0 Å². The fourth-order valence-corrected chi connectivity index (χ4v) is 9.51. The molecule has 0 unspecified atom stereocenters. The molecule has 0 amide bonds. The second-order valence-electron chi connectivity index (χ2n) is 12.9. The van der Waals surface area contributed by atoms with E-state index in [2.05, 4.69) is 6.92 Å². The lowest BCUT2D eigenvalue weighted by atomic mass is 9.42. The van der Waals surface area contributed by atoms with Crippen molar-refractivity contribution in [3.05, 3.63) is 24.2 Å². The third-order valence-corrected chi connectivity index (χ3v) is 11.4. The lowest BCUT2D eigenvalue weighted by Crippen LogP contribution is -2.71. The van der Waals surface area contributed by atoms with Crippen molar-refractivity contribution in [3.63, 3.8) is 0 Å². The fourth-order valence-electron chi connectivity index (χ4n) is 9.51. The van der Waals surface area contributed by atoms with Crippen molar-refractivity contribution in [3.8, 4) is 0 Å². The summed E-state index contributed by atoms with van der Waals surface area (Å²) in [4.78, 5) is 12.6. The van der Waals surface area contributed by atoms with Gasteiger partial charge in [0.25, 0.3) is 0 Å². The van der Waals surface area contributed by atoms with E-state index >= 15 is 0 Å². The number of hydrogen-bond acceptors (Lipinski definition) is 8. The number of carbonyl (C=O) groups excluding carboxylic acids is 1. The van der Waals surface area contributed by atoms with Gasteiger partial charge in [-0.2, -0.15) is 0 Å². The molecule has 1 spiro atoms. The Bertz CT molecular complexity index is 1030. The highest BCUT2D eigenvalue weighted by molar-refractivity contribution is 5.70. The summed E-state index contributed by atoms with van der Waals surface area (Å²) < 4.78 is 22.9. The molecule has 3 N–H and O–H groups in total. The molecular formula is C27H38O8. The van der Waals surface area contributed by atoms with E-state index in [9.17, 15) is 20.1 Å². The predicted octanol–water partition coefficient (Wildman–Crippen LogP) is 2.40. The van der Waals surface area contributed by atoms with Crippen LogP contribution in [0.2, 0.25) is 0 Å². The monoisotopic (exact) mass is 490 g/mol. The van der Waals surface area contributed by atoms with E-state index in [1.165, 1.54) is 7.11 Å². The van der Waals surface area contributed by atoms with Crippen molar-refractivity contribution in [1.82, 2.24) is 0 Å². The van der Waals surface area contributed by atoms with Gasteiger partial charge in [0.2, 0.25) is 0 Å². The van der Waals surface area contributed by atoms with Crippen LogP contribution in [0.3, 0.4) is 0 Å². The van der Waals surface area contributed by atoms with Crippen LogP contribution in [0.4, 0.5) is 0 Å². The molecule has 35 heavy (non-hydrogen) atoms. The number of epoxide rings is 2. The van der Waals surface area contributed by atoms with Crippen LogP contribution in [0.15, 0.2) is 23.0 Å². The number of fused-ring (bicyclic) bond motifs is 1. The number of ether oxygens (including phenoxy) is 3. The summed E-state index contributed by atoms with van der Waals surface area (Å²) in [6.07, 6.45) is 2.15. The van der Waals surface area contributed by atoms with Crippen molar-refractivity contribution in [2.45, 2.75) is 102 Å². The van der Waals surface area contributed by atoms with Gasteiger partial charge in [-0.1, -0.05) is 27.7 Å². The molecule has 8 heteroatoms. The smallest absolute Gasteiger partial charge is 0.305 e. The molecule has 5 fully saturated rings. The van der Waals surface area contributed by atoms with Crippen LogP contribution in [-0.4, -0.2) is 70.1 Å². The van der Waals surface area contributed by atoms with Gasteiger partial charge >= 0.3 is 5.97 Å². The maximum Gasteiger partial charge on any atom is 0.305 e. The number of hydrogen-bond donors (Lipinski definition) is 3. The van der Waals surface area contributed by atoms with Crippen LogP contribution in [0.5, 0.6) is 0 Å². The first-order valence-corrected chi connectivity index (χ1v) is 12.8. The summed E-state index contributed by atoms with van der Waals surface area (Å²) in [6.45, 7) is 9.85. The molecule has 8 nitrogen and oxygen atoms in total. The van der Waals surface area contributed by atoms with Gasteiger partial charge in [0.1, 0.15) is 11.7 Å². The fraction of sp³-hybridized carbons (Fsp3) is 0.815. The van der Waals surface area contributed by atoms with E-state index in [0.717, 1.165) is 5.56 Å². The molecule has 0 bridgehead atoms. The molecule has 3 heterocycles. The number of esters is 1. The summed E-state index contributed by atoms with van der Waals surface area (Å²) in [6, 6.07) is 1.93. The molecule has 3 aliphatic carbocycles. The quantitative estimate of drug-likeness (QED) is 0.434. The minimum atomic E-state index is -1.30. The van der Waals surface area contributed by atoms with Gasteiger partial charge in [0, 0.05) is 29.1 Å². The Hall–Kier alpha value is -1.45. The Morgan fingerprint density at radius 1 is 1.17 bits per heavy atom. The second kappa shape index (κ2) is 6.90. The van der Waals surface area contributed by atoms with E-state index in [0.29, 0.717) is 12.8 Å². The third-order valence-electron chi connectivity index (χ3n) is 11.4. The van der Waals surface area contributed by atoms with Gasteiger partial charge in [-0.25, -0.2) is 0 Å². The van der Waals surface area contributed by atoms with E-state index in [1.807, 2.05) is 33.8 Å². The largest absolute Gasteiger partial charge is 0.472 e. The number of carbonyl (C=O) groups is 1. The summed E-state index contributed by atoms with van der Waals surface area (Å²) in [5.74, 6) is -1.13. The molecule has 5 aliphatic rings. The Balaban J connectivity index is 1.45. The Kier molecular flexibility index (Phi) is 4.71. The zero-order chi connectivity index (χ0) is 25.3. The summed E-state index contributed by atoms with van der Waals surface area (Å²) in [5, 5.41) is 35.4. The van der Waals surface area contributed by atoms with Crippen molar-refractivity contribution in [2.75, 3.05) is 7.11 Å². The second-order valence-corrected chi connectivity index (χ2v) is 12.9. The zero-order valence-corrected chi connectivity index (χ0v) is 21.4. The van der Waals surface area contributed by atoms with Gasteiger partial charge < -0.3 is 33.9 Å². The molecule has 0 radical (unpaired) electrons. The van der Waals surface area contributed by atoms with Crippen LogP contribution >= 0.6 is 0 Å². The van der Waals surface area contributed by atoms with Crippen molar-refractivity contribution >= 4 is 5.97 Å². The number of furan rings is 1. The topological polar surface area (TPSA) is 125 Å². The molecule has 2 aliphatic heterocycles. The summed E-state index contributed by atoms with van der Waals surface area (Å²) >= 11 is 0. The molecule has 3 saturated carbocycles. The Morgan fingerprint density at radius 2 is 1.89 bits per heavy atom. The first-order chi connectivity index (χ1) is 16.3. The average Bonchev–Trinajstić information content (AvgIpc) is 3.67. The number of rotatable bonds is 4. The van der Waals surface area contributed by atoms with Gasteiger partial charge in [-0.05, 0) is 42.7 Å². The van der Waals surface area contributed by atoms with E-state index in [4.69, 9.17) is 18.6 Å². The van der Waals surface area contributed by atoms with Crippen LogP contribution < -0.4 is 0 Å². The lowest BCUT2D eigenvalue weighted by molar-refractivity contribution is -0.242. The normalized spacial score (nSPS) is 55.5. The van der Waals surface area contributed by atoms with Crippen molar-refractivity contribution in [2.24, 2.45) is 28.1 Å². The van der Waals surface area contributed by atoms with E-state index in [1.54, 1.807) is 12.5 Å². The number of methoxy groups -OCH3 is 1. The summed E-state index contributed by atoms with van der Waals surface area (Å²) in [5.41, 5.74) is -3.29. The van der Waals surface area contributed by atoms with Crippen LogP contribution in [0, 0.1) is 28.1 Å². The van der Waals surface area contributed by atoms with Crippen LogP contribution in [-0.2, 0) is 19.0 Å². The first kappa shape index (κ1) is 23.9. The van der Waals surface area contributed by atoms with Crippen LogP contribution in [0.1, 0.15) is 65.4 Å². The molecule has 1 aromatic heterocycles. The molecule has 194 valence electrons. The van der Waals surface area contributed by atoms with E-state index in [-0.39, 0.29) is 42.5 Å². The van der Waals surface area contributed by atoms with Gasteiger partial charge in [0.05, 0.1) is 49.7 Å². The molecular weight excluding hydrogens is 452 g/mol. The molecule has 2 saturated heterocycles. The lowest BCUT2D eigenvalue weighted by Gasteiger charge is -2.62. The molecule has 6 rings (SSSR count). The van der Waals surface area contributed by atoms with Gasteiger partial charge in [-0.3, -0.25) is 4.79 Å². The predicted molar refractivity (Wildman–Crippen MR) is 123 cm³/mol. The molecule has 1 aromatic rings. The Labute approximate surface area is 205 Å². The maximum atomic E-state index is 12.6. The number of aliphatic hydroxyl groups excluding tert-OH is 2. The minimum absolute atomic E-state index is 0.00404. The van der Waals surface area contributed by atoms with E-state index < -0.39 is 45.6 Å². The minimum Gasteiger partial charge on any atom is -0.472 e. The SMILES string of the molecule is COC(=O)C[C@H]1C(C)(C)[C@H](O)[C@@H]2O[C@@H]2[C@]1(C)[C@H]1C[C@H](O)[C@@]2(C)[C@H](c3ccoc3)C[C@H]3O[C@]32[C@]1(C)O. The highest BCUT2D eigenvalue weighted by atomic mass is 16.6. The molecule has 12 atom stereocenters. The summed E-state index contributed by atoms with van der Waals surface area (Å²) in [7, 11) is 1.37. The molecule has 0 aromatic carbocycles. The maximum absolute atomic E-state index is 12.6. The van der Waals surface area contributed by atoms with Crippen LogP contribution in [0.25, 0.3) is 0 Å². The number of aliphatic hydroxyl groups is 3.